The summed E-state index contributed by atoms with van der Waals surface area (Å²) in [5.41, 5.74) is 0.450. The summed E-state index contributed by atoms with van der Waals surface area (Å²) in [6.45, 7) is 2.28. The van der Waals surface area contributed by atoms with E-state index in [4.69, 9.17) is 9.84 Å². The van der Waals surface area contributed by atoms with E-state index in [-0.39, 0.29) is 10.4 Å². The molecule has 1 atom stereocenters. The summed E-state index contributed by atoms with van der Waals surface area (Å²) in [5, 5.41) is 17.8. The molecule has 0 radical (unpaired) electrons. The predicted octanol–water partition coefficient (Wildman–Crippen LogP) is 0.873. The molecule has 8 nitrogen and oxygen atoms in total. The Morgan fingerprint density at radius 2 is 2.08 bits per heavy atom. The van der Waals surface area contributed by atoms with Crippen LogP contribution in [-0.4, -0.2) is 55.4 Å². The molecule has 0 aliphatic rings. The second kappa shape index (κ2) is 7.33. The van der Waals surface area contributed by atoms with Crippen molar-refractivity contribution in [1.82, 2.24) is 4.98 Å². The molecule has 0 spiro atoms. The Kier molecular flexibility index (Phi) is 5.63. The number of carboxylic acid groups (broad SMARTS) is 1. The van der Waals surface area contributed by atoms with Crippen LogP contribution in [0.15, 0.2) is 34.4 Å². The Morgan fingerprint density at radius 1 is 1.38 bits per heavy atom. The summed E-state index contributed by atoms with van der Waals surface area (Å²) < 4.78 is 29.1. The molecule has 1 unspecified atom stereocenters. The summed E-state index contributed by atoms with van der Waals surface area (Å²) >= 11 is -1.48. The van der Waals surface area contributed by atoms with E-state index in [2.05, 4.69) is 4.98 Å². The van der Waals surface area contributed by atoms with Crippen LogP contribution in [0.1, 0.15) is 6.92 Å². The maximum absolute atomic E-state index is 12.3. The molecule has 128 valence electrons. The quantitative estimate of drug-likeness (QED) is 0.374. The zero-order valence-electron chi connectivity index (χ0n) is 12.2. The average Bonchev–Trinajstić information content (AvgIpc) is 2.90. The van der Waals surface area contributed by atoms with Gasteiger partial charge in [0.2, 0.25) is 0 Å². The van der Waals surface area contributed by atoms with Gasteiger partial charge in [-0.25, -0.2) is 0 Å². The van der Waals surface area contributed by atoms with Gasteiger partial charge in [0.15, 0.2) is 0 Å². The molecule has 0 fully saturated rings. The van der Waals surface area contributed by atoms with E-state index in [1.54, 1.807) is 18.2 Å². The van der Waals surface area contributed by atoms with E-state index in [0.717, 1.165) is 11.3 Å². The molecule has 24 heavy (non-hydrogen) atoms. The van der Waals surface area contributed by atoms with E-state index >= 15 is 0 Å². The van der Waals surface area contributed by atoms with Crippen LogP contribution >= 0.6 is 11.3 Å². The van der Waals surface area contributed by atoms with Crippen LogP contribution < -0.4 is 4.74 Å². The number of aliphatic hydroxyl groups is 1. The van der Waals surface area contributed by atoms with Gasteiger partial charge in [-0.15, -0.1) is 0 Å². The van der Waals surface area contributed by atoms with Crippen LogP contribution in [-0.2, 0) is 17.7 Å². The molecular formula is C13H12AsNO7S2. The number of rotatable bonds is 7. The van der Waals surface area contributed by atoms with E-state index in [0.29, 0.717) is 22.6 Å². The Bertz CT molecular complexity index is 933. The summed E-state index contributed by atoms with van der Waals surface area (Å²) in [5.74, 6) is -2.04. The molecule has 0 aliphatic heterocycles. The van der Waals surface area contributed by atoms with Gasteiger partial charge < -0.3 is 0 Å². The zero-order chi connectivity index (χ0) is 17.9. The van der Waals surface area contributed by atoms with Crippen molar-refractivity contribution in [3.63, 3.8) is 0 Å². The van der Waals surface area contributed by atoms with Crippen molar-refractivity contribution in [3.8, 4) is 5.75 Å². The van der Waals surface area contributed by atoms with Crippen molar-refractivity contribution < 1.29 is 33.0 Å². The minimum atomic E-state index is -3.98. The third kappa shape index (κ3) is 4.34. The second-order valence-electron chi connectivity index (χ2n) is 4.34. The number of allylic oxidation sites excluding steroid dienone is 1. The first-order chi connectivity index (χ1) is 11.2. The van der Waals surface area contributed by atoms with Gasteiger partial charge in [0.05, 0.1) is 0 Å². The number of carboxylic acids is 1. The number of hydrogen-bond acceptors (Lipinski definition) is 8. The number of ether oxygens (including phenoxy) is 1. The van der Waals surface area contributed by atoms with Crippen LogP contribution in [0.25, 0.3) is 10.2 Å². The van der Waals surface area contributed by atoms with Gasteiger partial charge in [-0.05, 0) is 0 Å². The molecule has 0 amide bonds. The number of carbonyl (C=O) groups is 2. The SMILES string of the molecule is CCOc1ccc2nc(S(=O)(=O)[AsH]C(=O)/C(O)=C/C(=O)O)sc2c1. The molecule has 1 aromatic carbocycles. The topological polar surface area (TPSA) is 131 Å². The Balaban J connectivity index is 2.30. The number of aliphatic carboxylic acids is 1. The maximum atomic E-state index is 12.3. The third-order valence-electron chi connectivity index (χ3n) is 2.60. The van der Waals surface area contributed by atoms with Gasteiger partial charge in [-0.2, -0.15) is 0 Å². The fourth-order valence-corrected chi connectivity index (χ4v) is 8.36. The van der Waals surface area contributed by atoms with Crippen LogP contribution in [0.5, 0.6) is 5.75 Å². The number of hydrogen-bond donors (Lipinski definition) is 2. The number of carbonyl (C=O) groups excluding carboxylic acids is 1. The van der Waals surface area contributed by atoms with E-state index in [9.17, 15) is 23.1 Å². The number of aromatic nitrogens is 1. The summed E-state index contributed by atoms with van der Waals surface area (Å²) in [4.78, 5) is 26.1. The van der Waals surface area contributed by atoms with E-state index in [1.807, 2.05) is 6.92 Å². The molecule has 0 aliphatic carbocycles. The first kappa shape index (κ1) is 18.4. The molecular weight excluding hydrogens is 421 g/mol. The zero-order valence-corrected chi connectivity index (χ0v) is 15.9. The molecule has 0 bridgehead atoms. The van der Waals surface area contributed by atoms with Crippen molar-refractivity contribution in [2.24, 2.45) is 0 Å². The summed E-state index contributed by atoms with van der Waals surface area (Å²) in [6.07, 6.45) is 0.272. The molecule has 1 aromatic heterocycles. The van der Waals surface area contributed by atoms with Crippen LogP contribution in [0, 0.1) is 0 Å². The van der Waals surface area contributed by atoms with Gasteiger partial charge in [-0.3, -0.25) is 0 Å². The number of fused-ring (bicyclic) bond motifs is 1. The average molecular weight is 433 g/mol. The molecule has 2 rings (SSSR count). The normalized spacial score (nSPS) is 12.8. The number of aliphatic hydroxyl groups excluding tert-OH is 1. The Hall–Kier alpha value is -1.90. The summed E-state index contributed by atoms with van der Waals surface area (Å²) in [7, 11) is -3.98. The first-order valence-corrected chi connectivity index (χ1v) is 12.4. The van der Waals surface area contributed by atoms with Crippen molar-refractivity contribution in [2.75, 3.05) is 6.61 Å². The number of thiazole rings is 1. The number of benzene rings is 1. The molecule has 0 saturated carbocycles. The Labute approximate surface area is 146 Å². The van der Waals surface area contributed by atoms with Gasteiger partial charge in [0.1, 0.15) is 0 Å². The van der Waals surface area contributed by atoms with Crippen molar-refractivity contribution in [1.29, 1.82) is 0 Å². The van der Waals surface area contributed by atoms with Gasteiger partial charge in [0.25, 0.3) is 0 Å². The van der Waals surface area contributed by atoms with Gasteiger partial charge in [-0.1, -0.05) is 0 Å². The van der Waals surface area contributed by atoms with E-state index in [1.165, 1.54) is 0 Å². The minimum absolute atomic E-state index is 0.234. The molecule has 0 saturated heterocycles. The fourth-order valence-electron chi connectivity index (χ4n) is 1.66. The van der Waals surface area contributed by atoms with Crippen molar-refractivity contribution >= 4 is 54.8 Å². The molecule has 2 N–H and O–H groups in total. The predicted molar refractivity (Wildman–Crippen MR) is 88.5 cm³/mol. The fraction of sp³-hybridized carbons (Fsp3) is 0.154. The Morgan fingerprint density at radius 3 is 2.71 bits per heavy atom. The summed E-state index contributed by atoms with van der Waals surface area (Å²) in [6, 6.07) is 4.92. The van der Waals surface area contributed by atoms with Crippen LogP contribution in [0.2, 0.25) is 0 Å². The van der Waals surface area contributed by atoms with Crippen molar-refractivity contribution in [3.05, 3.63) is 30.0 Å². The van der Waals surface area contributed by atoms with Gasteiger partial charge >= 0.3 is 146 Å². The molecule has 2 aromatic rings. The third-order valence-corrected chi connectivity index (χ3v) is 10.9. The number of nitrogens with zero attached hydrogens (tertiary/aromatic N) is 1. The van der Waals surface area contributed by atoms with Crippen molar-refractivity contribution in [2.45, 2.75) is 11.3 Å². The second-order valence-corrected chi connectivity index (χ2v) is 12.9. The molecule has 11 heteroatoms. The first-order valence-electron chi connectivity index (χ1n) is 6.47. The monoisotopic (exact) mass is 433 g/mol. The standard InChI is InChI=1S/C13H12AsNO7S2/c1-2-22-7-3-4-8-10(5-7)23-13(15-8)24(20,21)14-12(19)9(16)6-11(17)18/h3-6,14,16H,2H2,1H3,(H,17,18)/b9-6-. The molecule has 1 heterocycles. The van der Waals surface area contributed by atoms with E-state index < -0.39 is 39.0 Å². The van der Waals surface area contributed by atoms with Crippen LogP contribution in [0.3, 0.4) is 0 Å². The van der Waals surface area contributed by atoms with Gasteiger partial charge in [0, 0.05) is 0 Å². The van der Waals surface area contributed by atoms with Crippen LogP contribution in [0.4, 0.5) is 0 Å².